The molecule has 0 atom stereocenters. The first-order chi connectivity index (χ1) is 17.6. The van der Waals surface area contributed by atoms with Crippen molar-refractivity contribution < 1.29 is 4.39 Å². The maximum Gasteiger partial charge on any atom is 0.336 e. The minimum Gasteiger partial charge on any atom is -0.314 e. The number of halogens is 2. The molecule has 1 aliphatic rings. The zero-order valence-corrected chi connectivity index (χ0v) is 23.1. The Morgan fingerprint density at radius 1 is 1.11 bits per heavy atom. The van der Waals surface area contributed by atoms with E-state index in [1.165, 1.54) is 19.8 Å². The van der Waals surface area contributed by atoms with Crippen molar-refractivity contribution in [1.82, 2.24) is 13.7 Å². The van der Waals surface area contributed by atoms with E-state index in [1.807, 2.05) is 47.7 Å². The van der Waals surface area contributed by atoms with E-state index in [0.717, 1.165) is 27.5 Å². The molecular weight excluding hydrogens is 584 g/mol. The third-order valence-electron chi connectivity index (χ3n) is 6.92. The van der Waals surface area contributed by atoms with E-state index >= 15 is 0 Å². The van der Waals surface area contributed by atoms with Gasteiger partial charge in [-0.3, -0.25) is 18.7 Å². The molecule has 2 aromatic heterocycles. The van der Waals surface area contributed by atoms with Crippen LogP contribution < -0.4 is 16.8 Å². The Kier molecular flexibility index (Phi) is 6.55. The van der Waals surface area contributed by atoms with Gasteiger partial charge in [-0.25, -0.2) is 9.18 Å². The van der Waals surface area contributed by atoms with Gasteiger partial charge in [0.15, 0.2) is 0 Å². The average Bonchev–Trinajstić information content (AvgIpc) is 3.67. The normalized spacial score (nSPS) is 13.3. The molecule has 0 bridgehead atoms. The van der Waals surface area contributed by atoms with Crippen LogP contribution in [0.3, 0.4) is 0 Å². The average molecular weight is 611 g/mol. The largest absolute Gasteiger partial charge is 0.336 e. The lowest BCUT2D eigenvalue weighted by Crippen LogP contribution is -2.41. The summed E-state index contributed by atoms with van der Waals surface area (Å²) in [7, 11) is 1.60. The predicted molar refractivity (Wildman–Crippen MR) is 152 cm³/mol. The summed E-state index contributed by atoms with van der Waals surface area (Å²) in [6.07, 6.45) is 2.16. The molecule has 2 heterocycles. The number of fused-ring (bicyclic) bond motifs is 1. The van der Waals surface area contributed by atoms with Crippen LogP contribution in [0.1, 0.15) is 48.2 Å². The van der Waals surface area contributed by atoms with E-state index in [9.17, 15) is 18.8 Å². The molecule has 1 saturated carbocycles. The quantitative estimate of drug-likeness (QED) is 0.229. The van der Waals surface area contributed by atoms with Gasteiger partial charge in [-0.05, 0) is 91.1 Å². The summed E-state index contributed by atoms with van der Waals surface area (Å²) < 4.78 is 19.9. The van der Waals surface area contributed by atoms with E-state index in [-0.39, 0.29) is 28.9 Å². The molecule has 1 fully saturated rings. The summed E-state index contributed by atoms with van der Waals surface area (Å²) in [5.74, 6) is -0.406. The van der Waals surface area contributed by atoms with Gasteiger partial charge in [-0.15, -0.1) is 0 Å². The molecule has 6 nitrogen and oxygen atoms in total. The van der Waals surface area contributed by atoms with Crippen LogP contribution in [0.15, 0.2) is 69.0 Å². The van der Waals surface area contributed by atoms with Crippen LogP contribution in [0.4, 0.5) is 4.39 Å². The van der Waals surface area contributed by atoms with Gasteiger partial charge in [0.2, 0.25) is 0 Å². The zero-order chi connectivity index (χ0) is 26.6. The van der Waals surface area contributed by atoms with Crippen molar-refractivity contribution in [3.63, 3.8) is 0 Å². The molecular formula is C29H27FIN3O3. The van der Waals surface area contributed by atoms with Gasteiger partial charge in [0.05, 0.1) is 16.6 Å². The highest BCUT2D eigenvalue weighted by molar-refractivity contribution is 14.1. The van der Waals surface area contributed by atoms with Crippen LogP contribution in [-0.4, -0.2) is 13.7 Å². The number of hydrogen-bond donors (Lipinski definition) is 0. The lowest BCUT2D eigenvalue weighted by molar-refractivity contribution is 0.609. The highest BCUT2D eigenvalue weighted by Gasteiger charge is 2.31. The smallest absolute Gasteiger partial charge is 0.314 e. The molecule has 0 amide bonds. The molecule has 2 aromatic carbocycles. The highest BCUT2D eigenvalue weighted by atomic mass is 127. The number of nitrogens with zero attached hydrogens (tertiary/aromatic N) is 3. The van der Waals surface area contributed by atoms with E-state index in [4.69, 9.17) is 0 Å². The Labute approximate surface area is 226 Å². The zero-order valence-electron chi connectivity index (χ0n) is 21.0. The second kappa shape index (κ2) is 9.55. The van der Waals surface area contributed by atoms with Crippen molar-refractivity contribution in [2.75, 3.05) is 0 Å². The first-order valence-electron chi connectivity index (χ1n) is 12.2. The monoisotopic (exact) mass is 611 g/mol. The van der Waals surface area contributed by atoms with Crippen LogP contribution >= 0.6 is 22.6 Å². The first kappa shape index (κ1) is 25.4. The Bertz CT molecular complexity index is 1780. The van der Waals surface area contributed by atoms with Crippen molar-refractivity contribution in [3.05, 3.63) is 118 Å². The maximum absolute atomic E-state index is 14.9. The Balaban J connectivity index is 1.90. The van der Waals surface area contributed by atoms with E-state index in [2.05, 4.69) is 6.58 Å². The molecule has 8 heteroatoms. The third-order valence-corrected chi connectivity index (χ3v) is 7.60. The molecule has 0 radical (unpaired) electrons. The third kappa shape index (κ3) is 4.52. The van der Waals surface area contributed by atoms with Crippen LogP contribution in [0.2, 0.25) is 0 Å². The standard InChI is InChI=1S/C29H27FIN3O3/c1-16(2)12-18-6-5-7-22(13-18)33-26-17(3)27(35)32(4)24(14-19-8-9-20(31)15-23(19)30)25(26)28(36)34(29(33)37)21-10-11-21/h5-9,13,15,21H,1,10-12,14H2,2-4H3. The van der Waals surface area contributed by atoms with Gasteiger partial charge >= 0.3 is 5.69 Å². The van der Waals surface area contributed by atoms with Crippen molar-refractivity contribution in [2.45, 2.75) is 45.6 Å². The number of pyridine rings is 1. The summed E-state index contributed by atoms with van der Waals surface area (Å²) in [5, 5.41) is 0.273. The second-order valence-electron chi connectivity index (χ2n) is 9.90. The van der Waals surface area contributed by atoms with Crippen molar-refractivity contribution in [3.8, 4) is 5.69 Å². The number of rotatable bonds is 6. The molecule has 4 aromatic rings. The van der Waals surface area contributed by atoms with Crippen LogP contribution in [0, 0.1) is 16.3 Å². The second-order valence-corrected chi connectivity index (χ2v) is 11.1. The molecule has 0 N–H and O–H groups in total. The van der Waals surface area contributed by atoms with Gasteiger partial charge in [-0.1, -0.05) is 30.4 Å². The van der Waals surface area contributed by atoms with Crippen LogP contribution in [0.25, 0.3) is 16.6 Å². The predicted octanol–water partition coefficient (Wildman–Crippen LogP) is 4.95. The van der Waals surface area contributed by atoms with Gasteiger partial charge in [0.1, 0.15) is 5.82 Å². The number of aryl methyl sites for hydroxylation is 1. The van der Waals surface area contributed by atoms with E-state index < -0.39 is 17.1 Å². The Hall–Kier alpha value is -3.27. The van der Waals surface area contributed by atoms with Crippen molar-refractivity contribution in [2.24, 2.45) is 7.05 Å². The maximum atomic E-state index is 14.9. The van der Waals surface area contributed by atoms with E-state index in [1.54, 1.807) is 32.2 Å². The summed E-state index contributed by atoms with van der Waals surface area (Å²) in [5.41, 5.74) is 2.63. The number of benzene rings is 2. The highest BCUT2D eigenvalue weighted by Crippen LogP contribution is 2.33. The van der Waals surface area contributed by atoms with Gasteiger partial charge in [0, 0.05) is 34.3 Å². The van der Waals surface area contributed by atoms with E-state index in [0.29, 0.717) is 28.9 Å². The molecule has 37 heavy (non-hydrogen) atoms. The molecule has 190 valence electrons. The van der Waals surface area contributed by atoms with Crippen LogP contribution in [-0.2, 0) is 19.9 Å². The SMILES string of the molecule is C=C(C)Cc1cccc(-n2c(=O)n(C3CC3)c(=O)c3c(Cc4ccc(I)cc4F)n(C)c(=O)c(C)c32)c1. The van der Waals surface area contributed by atoms with Crippen LogP contribution in [0.5, 0.6) is 0 Å². The van der Waals surface area contributed by atoms with Crippen molar-refractivity contribution in [1.29, 1.82) is 0 Å². The fraction of sp³-hybridized carbons (Fsp3) is 0.276. The molecule has 0 aliphatic heterocycles. The molecule has 0 spiro atoms. The number of allylic oxidation sites excluding steroid dienone is 1. The molecule has 1 aliphatic carbocycles. The topological polar surface area (TPSA) is 66.0 Å². The lowest BCUT2D eigenvalue weighted by Gasteiger charge is -2.20. The summed E-state index contributed by atoms with van der Waals surface area (Å²) in [6.45, 7) is 7.56. The van der Waals surface area contributed by atoms with Gasteiger partial charge in [-0.2, -0.15) is 0 Å². The summed E-state index contributed by atoms with van der Waals surface area (Å²) in [4.78, 5) is 41.2. The summed E-state index contributed by atoms with van der Waals surface area (Å²) in [6, 6.07) is 12.2. The minimum absolute atomic E-state index is 0.0408. The molecule has 0 saturated heterocycles. The van der Waals surface area contributed by atoms with Gasteiger partial charge < -0.3 is 4.57 Å². The fourth-order valence-electron chi connectivity index (χ4n) is 4.98. The fourth-order valence-corrected chi connectivity index (χ4v) is 5.44. The first-order valence-corrected chi connectivity index (χ1v) is 13.2. The molecule has 0 unspecified atom stereocenters. The number of hydrogen-bond acceptors (Lipinski definition) is 3. The Morgan fingerprint density at radius 3 is 2.49 bits per heavy atom. The van der Waals surface area contributed by atoms with Gasteiger partial charge in [0.25, 0.3) is 11.1 Å². The van der Waals surface area contributed by atoms with Crippen molar-refractivity contribution >= 4 is 33.5 Å². The summed E-state index contributed by atoms with van der Waals surface area (Å²) >= 11 is 2.04. The lowest BCUT2D eigenvalue weighted by atomic mass is 10.0. The molecule has 5 rings (SSSR count). The Morgan fingerprint density at radius 2 is 1.84 bits per heavy atom. The number of aromatic nitrogens is 3. The minimum atomic E-state index is -0.463.